The highest BCUT2D eigenvalue weighted by Crippen LogP contribution is 2.15. The van der Waals surface area contributed by atoms with Crippen LogP contribution in [-0.4, -0.2) is 34.7 Å². The number of aliphatic hydroxyl groups is 1. The maximum absolute atomic E-state index is 13.2. The lowest BCUT2D eigenvalue weighted by molar-refractivity contribution is -0.140. The second-order valence-corrected chi connectivity index (χ2v) is 3.27. The number of hydrogen-bond acceptors (Lipinski definition) is 3. The van der Waals surface area contributed by atoms with Crippen molar-refractivity contribution in [3.05, 3.63) is 35.1 Å². The third-order valence-corrected chi connectivity index (χ3v) is 2.07. The molecule has 0 saturated heterocycles. The van der Waals surface area contributed by atoms with Crippen molar-refractivity contribution in [1.82, 2.24) is 5.32 Å². The number of rotatable bonds is 4. The summed E-state index contributed by atoms with van der Waals surface area (Å²) in [5.41, 5.74) is -0.853. The first-order valence-corrected chi connectivity index (χ1v) is 4.66. The van der Waals surface area contributed by atoms with Crippen molar-refractivity contribution in [2.75, 3.05) is 6.61 Å². The highest BCUT2D eigenvalue weighted by atomic mass is 19.2. The molecule has 1 atom stereocenters. The smallest absolute Gasteiger partial charge is 0.328 e. The summed E-state index contributed by atoms with van der Waals surface area (Å²) in [7, 11) is 0. The minimum absolute atomic E-state index is 0.530. The summed E-state index contributed by atoms with van der Waals surface area (Å²) in [6.07, 6.45) is 0. The summed E-state index contributed by atoms with van der Waals surface area (Å²) in [4.78, 5) is 21.9. The molecule has 0 fully saturated rings. The van der Waals surface area contributed by atoms with Crippen LogP contribution in [-0.2, 0) is 4.79 Å². The fourth-order valence-electron chi connectivity index (χ4n) is 1.12. The Bertz CT molecular complexity index is 492. The van der Waals surface area contributed by atoms with Crippen molar-refractivity contribution in [1.29, 1.82) is 0 Å². The molecule has 98 valence electrons. The molecule has 0 radical (unpaired) electrons. The van der Waals surface area contributed by atoms with Gasteiger partial charge in [-0.3, -0.25) is 4.79 Å². The van der Waals surface area contributed by atoms with Crippen LogP contribution in [0.5, 0.6) is 0 Å². The molecule has 1 aromatic carbocycles. The first-order valence-electron chi connectivity index (χ1n) is 4.66. The van der Waals surface area contributed by atoms with Crippen LogP contribution in [0.15, 0.2) is 12.1 Å². The predicted octanol–water partition coefficient (Wildman–Crippen LogP) is 0.279. The second-order valence-electron chi connectivity index (χ2n) is 3.27. The summed E-state index contributed by atoms with van der Waals surface area (Å²) in [6, 6.07) is -0.466. The van der Waals surface area contributed by atoms with Crippen LogP contribution < -0.4 is 5.32 Å². The van der Waals surface area contributed by atoms with Crippen LogP contribution >= 0.6 is 0 Å². The molecular formula is C10H8F3NO4. The Kier molecular flexibility index (Phi) is 4.27. The summed E-state index contributed by atoms with van der Waals surface area (Å²) in [6.45, 7) is -0.924. The molecule has 0 heterocycles. The van der Waals surface area contributed by atoms with E-state index in [0.717, 1.165) is 0 Å². The lowest BCUT2D eigenvalue weighted by atomic mass is 10.1. The van der Waals surface area contributed by atoms with E-state index in [2.05, 4.69) is 0 Å². The van der Waals surface area contributed by atoms with Crippen molar-refractivity contribution >= 4 is 11.9 Å². The monoisotopic (exact) mass is 263 g/mol. The predicted molar refractivity (Wildman–Crippen MR) is 52.3 cm³/mol. The van der Waals surface area contributed by atoms with E-state index in [1.807, 2.05) is 0 Å². The Labute approximate surface area is 98.8 Å². The van der Waals surface area contributed by atoms with Crippen LogP contribution in [0, 0.1) is 17.5 Å². The average molecular weight is 263 g/mol. The average Bonchev–Trinajstić information content (AvgIpc) is 2.32. The van der Waals surface area contributed by atoms with Crippen molar-refractivity contribution < 1.29 is 33.0 Å². The number of carboxylic acid groups (broad SMARTS) is 1. The van der Waals surface area contributed by atoms with Crippen LogP contribution in [0.1, 0.15) is 10.4 Å². The maximum atomic E-state index is 13.2. The molecule has 0 spiro atoms. The SMILES string of the molecule is O=C(N[C@H](CO)C(=O)O)c1ccc(F)c(F)c1F. The lowest BCUT2D eigenvalue weighted by Crippen LogP contribution is -2.43. The van der Waals surface area contributed by atoms with E-state index >= 15 is 0 Å². The van der Waals surface area contributed by atoms with Crippen LogP contribution in [0.4, 0.5) is 13.2 Å². The zero-order valence-electron chi connectivity index (χ0n) is 8.78. The summed E-state index contributed by atoms with van der Waals surface area (Å²) < 4.78 is 38.6. The van der Waals surface area contributed by atoms with Gasteiger partial charge in [-0.1, -0.05) is 0 Å². The molecule has 0 aliphatic rings. The van der Waals surface area contributed by atoms with E-state index in [0.29, 0.717) is 12.1 Å². The van der Waals surface area contributed by atoms with Gasteiger partial charge in [-0.2, -0.15) is 0 Å². The van der Waals surface area contributed by atoms with Crippen LogP contribution in [0.3, 0.4) is 0 Å². The van der Waals surface area contributed by atoms with Gasteiger partial charge in [0.05, 0.1) is 12.2 Å². The molecule has 1 aromatic rings. The first kappa shape index (κ1) is 14.0. The topological polar surface area (TPSA) is 86.6 Å². The van der Waals surface area contributed by atoms with E-state index in [-0.39, 0.29) is 0 Å². The third kappa shape index (κ3) is 2.77. The minimum atomic E-state index is -1.83. The normalized spacial score (nSPS) is 12.0. The standard InChI is InChI=1S/C10H8F3NO4/c11-5-2-1-4(7(12)8(5)13)9(16)14-6(3-15)10(17)18/h1-2,6,15H,3H2,(H,14,16)(H,17,18)/t6-/m1/s1. The first-order chi connectivity index (χ1) is 8.38. The maximum Gasteiger partial charge on any atom is 0.328 e. The van der Waals surface area contributed by atoms with Crippen LogP contribution in [0.25, 0.3) is 0 Å². The molecule has 0 saturated carbocycles. The molecule has 5 nitrogen and oxygen atoms in total. The fourth-order valence-corrected chi connectivity index (χ4v) is 1.12. The third-order valence-electron chi connectivity index (χ3n) is 2.07. The van der Waals surface area contributed by atoms with Crippen LogP contribution in [0.2, 0.25) is 0 Å². The molecule has 0 unspecified atom stereocenters. The molecule has 0 bridgehead atoms. The van der Waals surface area contributed by atoms with E-state index < -0.39 is 47.5 Å². The van der Waals surface area contributed by atoms with Crippen molar-refractivity contribution in [2.45, 2.75) is 6.04 Å². The molecule has 8 heteroatoms. The number of benzene rings is 1. The van der Waals surface area contributed by atoms with Gasteiger partial charge in [-0.25, -0.2) is 18.0 Å². The molecule has 18 heavy (non-hydrogen) atoms. The number of carbonyl (C=O) groups is 2. The van der Waals surface area contributed by atoms with Gasteiger partial charge in [0.25, 0.3) is 5.91 Å². The second kappa shape index (κ2) is 5.50. The number of carboxylic acids is 1. The Morgan fingerprint density at radius 1 is 1.22 bits per heavy atom. The van der Waals surface area contributed by atoms with Crippen molar-refractivity contribution in [2.24, 2.45) is 0 Å². The minimum Gasteiger partial charge on any atom is -0.480 e. The Hall–Kier alpha value is -2.09. The van der Waals surface area contributed by atoms with Gasteiger partial charge >= 0.3 is 5.97 Å². The number of amides is 1. The van der Waals surface area contributed by atoms with Gasteiger partial charge in [-0.15, -0.1) is 0 Å². The number of carbonyl (C=O) groups excluding carboxylic acids is 1. The summed E-state index contributed by atoms with van der Waals surface area (Å²) in [5.74, 6) is -7.85. The van der Waals surface area contributed by atoms with Gasteiger partial charge in [0.1, 0.15) is 0 Å². The van der Waals surface area contributed by atoms with E-state index in [1.165, 1.54) is 0 Å². The molecule has 1 rings (SSSR count). The van der Waals surface area contributed by atoms with Gasteiger partial charge in [0, 0.05) is 0 Å². The van der Waals surface area contributed by atoms with Gasteiger partial charge in [0.15, 0.2) is 23.5 Å². The number of nitrogens with one attached hydrogen (secondary N) is 1. The Morgan fingerprint density at radius 3 is 2.33 bits per heavy atom. The van der Waals surface area contributed by atoms with Crippen molar-refractivity contribution in [3.63, 3.8) is 0 Å². The van der Waals surface area contributed by atoms with E-state index in [1.54, 1.807) is 5.32 Å². The quantitative estimate of drug-likeness (QED) is 0.681. The number of aliphatic carboxylic acids is 1. The highest BCUT2D eigenvalue weighted by Gasteiger charge is 2.23. The van der Waals surface area contributed by atoms with Gasteiger partial charge in [-0.05, 0) is 12.1 Å². The van der Waals surface area contributed by atoms with E-state index in [9.17, 15) is 22.8 Å². The highest BCUT2D eigenvalue weighted by molar-refractivity contribution is 5.96. The van der Waals surface area contributed by atoms with Gasteiger partial charge < -0.3 is 15.5 Å². The number of aliphatic hydroxyl groups excluding tert-OH is 1. The Morgan fingerprint density at radius 2 is 1.83 bits per heavy atom. The van der Waals surface area contributed by atoms with Gasteiger partial charge in [0.2, 0.25) is 0 Å². The molecular weight excluding hydrogens is 255 g/mol. The largest absolute Gasteiger partial charge is 0.480 e. The van der Waals surface area contributed by atoms with E-state index in [4.69, 9.17) is 10.2 Å². The number of hydrogen-bond donors (Lipinski definition) is 3. The lowest BCUT2D eigenvalue weighted by Gasteiger charge is -2.12. The summed E-state index contributed by atoms with van der Waals surface area (Å²) in [5, 5.41) is 18.9. The fraction of sp³-hybridized carbons (Fsp3) is 0.200. The zero-order valence-corrected chi connectivity index (χ0v) is 8.78. The molecule has 0 aliphatic carbocycles. The Balaban J connectivity index is 2.98. The molecule has 0 aromatic heterocycles. The molecule has 3 N–H and O–H groups in total. The molecule has 1 amide bonds. The number of halogens is 3. The van der Waals surface area contributed by atoms with Crippen molar-refractivity contribution in [3.8, 4) is 0 Å². The molecule has 0 aliphatic heterocycles. The zero-order chi connectivity index (χ0) is 13.9. The summed E-state index contributed by atoms with van der Waals surface area (Å²) >= 11 is 0.